The molecule has 6 nitrogen and oxygen atoms in total. The fourth-order valence-corrected chi connectivity index (χ4v) is 3.09. The van der Waals surface area contributed by atoms with E-state index in [1.165, 1.54) is 30.3 Å². The highest BCUT2D eigenvalue weighted by Crippen LogP contribution is 2.24. The Labute approximate surface area is 180 Å². The molecule has 31 heavy (non-hydrogen) atoms. The SMILES string of the molecule is O=C(NC(=NC1CCC1)Nc1cc(-c2cc(F)cc(F)c2)[nH]n1)c1ccc(Cl)c(F)c1. The Bertz CT molecular complexity index is 1140. The van der Waals surface area contributed by atoms with Crippen LogP contribution in [0.4, 0.5) is 19.0 Å². The van der Waals surface area contributed by atoms with Crippen LogP contribution in [0.1, 0.15) is 29.6 Å². The van der Waals surface area contributed by atoms with Crippen LogP contribution in [0.5, 0.6) is 0 Å². The number of aromatic nitrogens is 2. The lowest BCUT2D eigenvalue weighted by Gasteiger charge is -2.22. The molecule has 1 aromatic heterocycles. The molecule has 2 aromatic carbocycles. The van der Waals surface area contributed by atoms with Crippen LogP contribution in [0.25, 0.3) is 11.3 Å². The third-order valence-corrected chi connectivity index (χ3v) is 5.10. The number of nitrogens with one attached hydrogen (secondary N) is 3. The number of anilines is 1. The van der Waals surface area contributed by atoms with E-state index in [0.717, 1.165) is 31.4 Å². The minimum absolute atomic E-state index is 0.0421. The number of H-pyrrole nitrogens is 1. The summed E-state index contributed by atoms with van der Waals surface area (Å²) < 4.78 is 40.7. The molecule has 10 heteroatoms. The van der Waals surface area contributed by atoms with E-state index in [2.05, 4.69) is 25.8 Å². The van der Waals surface area contributed by atoms with Crippen LogP contribution in [-0.4, -0.2) is 28.1 Å². The Hall–Kier alpha value is -3.33. The predicted molar refractivity (Wildman–Crippen MR) is 112 cm³/mol. The lowest BCUT2D eigenvalue weighted by Crippen LogP contribution is -2.38. The first kappa shape index (κ1) is 20.9. The number of amides is 1. The number of carbonyl (C=O) groups is 1. The fourth-order valence-electron chi connectivity index (χ4n) is 2.98. The van der Waals surface area contributed by atoms with Crippen molar-refractivity contribution in [2.75, 3.05) is 5.32 Å². The van der Waals surface area contributed by atoms with Gasteiger partial charge in [-0.2, -0.15) is 5.10 Å². The van der Waals surface area contributed by atoms with Crippen molar-refractivity contribution in [3.05, 3.63) is 70.5 Å². The first-order chi connectivity index (χ1) is 14.9. The van der Waals surface area contributed by atoms with Gasteiger partial charge in [-0.3, -0.25) is 15.2 Å². The van der Waals surface area contributed by atoms with Crippen LogP contribution >= 0.6 is 11.6 Å². The van der Waals surface area contributed by atoms with E-state index < -0.39 is 23.4 Å². The molecule has 0 atom stereocenters. The lowest BCUT2D eigenvalue weighted by molar-refractivity contribution is 0.0976. The molecule has 1 aliphatic carbocycles. The van der Waals surface area contributed by atoms with Crippen molar-refractivity contribution >= 4 is 29.3 Å². The van der Waals surface area contributed by atoms with Crippen molar-refractivity contribution in [3.63, 3.8) is 0 Å². The molecule has 1 amide bonds. The van der Waals surface area contributed by atoms with E-state index in [1.807, 2.05) is 0 Å². The zero-order valence-electron chi connectivity index (χ0n) is 16.1. The Kier molecular flexibility index (Phi) is 5.94. The summed E-state index contributed by atoms with van der Waals surface area (Å²) in [4.78, 5) is 17.0. The fraction of sp³-hybridized carbons (Fsp3) is 0.190. The van der Waals surface area contributed by atoms with E-state index in [9.17, 15) is 18.0 Å². The van der Waals surface area contributed by atoms with Gasteiger partial charge in [0.2, 0.25) is 5.96 Å². The Morgan fingerprint density at radius 1 is 1.10 bits per heavy atom. The first-order valence-electron chi connectivity index (χ1n) is 9.50. The van der Waals surface area contributed by atoms with Gasteiger partial charge in [0.05, 0.1) is 16.8 Å². The van der Waals surface area contributed by atoms with Crippen molar-refractivity contribution < 1.29 is 18.0 Å². The Balaban J connectivity index is 1.53. The summed E-state index contributed by atoms with van der Waals surface area (Å²) in [6.45, 7) is 0. The molecule has 1 heterocycles. The van der Waals surface area contributed by atoms with E-state index in [4.69, 9.17) is 11.6 Å². The number of rotatable bonds is 4. The normalized spacial score (nSPS) is 14.3. The second-order valence-corrected chi connectivity index (χ2v) is 7.50. The molecule has 3 aromatic rings. The highest BCUT2D eigenvalue weighted by Gasteiger charge is 2.19. The number of hydrogen-bond donors (Lipinski definition) is 3. The molecule has 4 rings (SSSR count). The van der Waals surface area contributed by atoms with Crippen LogP contribution in [-0.2, 0) is 0 Å². The monoisotopic (exact) mass is 447 g/mol. The minimum atomic E-state index is -0.714. The number of guanidine groups is 1. The second kappa shape index (κ2) is 8.81. The summed E-state index contributed by atoms with van der Waals surface area (Å²) >= 11 is 5.66. The van der Waals surface area contributed by atoms with Crippen LogP contribution < -0.4 is 10.6 Å². The molecule has 0 radical (unpaired) electrons. The number of hydrogen-bond acceptors (Lipinski definition) is 3. The number of benzene rings is 2. The summed E-state index contributed by atoms with van der Waals surface area (Å²) in [5, 5.41) is 12.2. The minimum Gasteiger partial charge on any atom is -0.309 e. The molecule has 0 unspecified atom stereocenters. The highest BCUT2D eigenvalue weighted by atomic mass is 35.5. The van der Waals surface area contributed by atoms with Gasteiger partial charge in [0.15, 0.2) is 5.82 Å². The summed E-state index contributed by atoms with van der Waals surface area (Å²) in [6, 6.07) is 8.40. The quantitative estimate of drug-likeness (QED) is 0.393. The van der Waals surface area contributed by atoms with Crippen LogP contribution in [0.2, 0.25) is 5.02 Å². The standard InChI is InChI=1S/C21H17ClF3N5O/c22-16-5-4-11(8-17(16)25)20(31)28-21(26-15-2-1-3-15)27-19-10-18(29-30-19)12-6-13(23)9-14(24)7-12/h4-10,15H,1-3H2,(H3,26,27,28,29,30,31). The number of nitrogens with zero attached hydrogens (tertiary/aromatic N) is 2. The zero-order valence-corrected chi connectivity index (χ0v) is 16.8. The maximum absolute atomic E-state index is 13.7. The van der Waals surface area contributed by atoms with Gasteiger partial charge in [0.25, 0.3) is 5.91 Å². The summed E-state index contributed by atoms with van der Waals surface area (Å²) in [7, 11) is 0. The average Bonchev–Trinajstić information content (AvgIpc) is 3.14. The van der Waals surface area contributed by atoms with Crippen LogP contribution in [0.3, 0.4) is 0 Å². The summed E-state index contributed by atoms with van der Waals surface area (Å²) in [5.74, 6) is -2.31. The molecule has 1 aliphatic rings. The topological polar surface area (TPSA) is 82.2 Å². The predicted octanol–water partition coefficient (Wildman–Crippen LogP) is 4.90. The Morgan fingerprint density at radius 2 is 1.84 bits per heavy atom. The second-order valence-electron chi connectivity index (χ2n) is 7.10. The first-order valence-corrected chi connectivity index (χ1v) is 9.88. The maximum atomic E-state index is 13.7. The van der Waals surface area contributed by atoms with E-state index >= 15 is 0 Å². The summed E-state index contributed by atoms with van der Waals surface area (Å²) in [5.41, 5.74) is 0.717. The third-order valence-electron chi connectivity index (χ3n) is 4.80. The maximum Gasteiger partial charge on any atom is 0.258 e. The summed E-state index contributed by atoms with van der Waals surface area (Å²) in [6.07, 6.45) is 2.80. The highest BCUT2D eigenvalue weighted by molar-refractivity contribution is 6.30. The van der Waals surface area contributed by atoms with Gasteiger partial charge < -0.3 is 5.32 Å². The number of halogens is 4. The van der Waals surface area contributed by atoms with Gasteiger partial charge in [-0.1, -0.05) is 11.6 Å². The van der Waals surface area contributed by atoms with Gasteiger partial charge >= 0.3 is 0 Å². The average molecular weight is 448 g/mol. The van der Waals surface area contributed by atoms with Crippen molar-refractivity contribution in [3.8, 4) is 11.3 Å². The van der Waals surface area contributed by atoms with Gasteiger partial charge in [-0.25, -0.2) is 18.2 Å². The van der Waals surface area contributed by atoms with E-state index in [-0.39, 0.29) is 34.0 Å². The van der Waals surface area contributed by atoms with Gasteiger partial charge in [-0.05, 0) is 49.6 Å². The van der Waals surface area contributed by atoms with E-state index in [1.54, 1.807) is 0 Å². The van der Waals surface area contributed by atoms with Crippen molar-refractivity contribution in [2.24, 2.45) is 4.99 Å². The zero-order chi connectivity index (χ0) is 22.0. The third kappa shape index (κ3) is 5.05. The van der Waals surface area contributed by atoms with Crippen LogP contribution in [0, 0.1) is 17.5 Å². The molecule has 0 aliphatic heterocycles. The lowest BCUT2D eigenvalue weighted by atomic mass is 9.94. The molecule has 0 spiro atoms. The van der Waals surface area contributed by atoms with Gasteiger partial charge in [0.1, 0.15) is 17.5 Å². The molecule has 1 saturated carbocycles. The van der Waals surface area contributed by atoms with Gasteiger partial charge in [0, 0.05) is 23.3 Å². The smallest absolute Gasteiger partial charge is 0.258 e. The molecule has 0 saturated heterocycles. The van der Waals surface area contributed by atoms with E-state index in [0.29, 0.717) is 5.69 Å². The van der Waals surface area contributed by atoms with Crippen molar-refractivity contribution in [1.29, 1.82) is 0 Å². The van der Waals surface area contributed by atoms with Crippen molar-refractivity contribution in [2.45, 2.75) is 25.3 Å². The van der Waals surface area contributed by atoms with Crippen LogP contribution in [0.15, 0.2) is 47.5 Å². The molecular formula is C21H17ClF3N5O. The molecule has 160 valence electrons. The van der Waals surface area contributed by atoms with Crippen molar-refractivity contribution in [1.82, 2.24) is 15.5 Å². The molecule has 1 fully saturated rings. The number of aliphatic imine (C=N–C) groups is 1. The molecule has 3 N–H and O–H groups in total. The largest absolute Gasteiger partial charge is 0.309 e. The Morgan fingerprint density at radius 3 is 2.48 bits per heavy atom. The van der Waals surface area contributed by atoms with Gasteiger partial charge in [-0.15, -0.1) is 0 Å². The molecular weight excluding hydrogens is 431 g/mol. The number of carbonyl (C=O) groups excluding carboxylic acids is 1. The number of aromatic amines is 1. The molecule has 0 bridgehead atoms.